The molecule has 4 nitrogen and oxygen atoms in total. The van der Waals surface area contributed by atoms with E-state index < -0.39 is 0 Å². The maximum Gasteiger partial charge on any atom is 0.308 e. The zero-order valence-corrected chi connectivity index (χ0v) is 12.5. The van der Waals surface area contributed by atoms with Gasteiger partial charge in [0, 0.05) is 12.3 Å². The molecule has 19 heavy (non-hydrogen) atoms. The molecule has 1 aromatic heterocycles. The third-order valence-electron chi connectivity index (χ3n) is 2.97. The van der Waals surface area contributed by atoms with Crippen molar-refractivity contribution in [2.75, 3.05) is 5.33 Å². The summed E-state index contributed by atoms with van der Waals surface area (Å²) in [5.41, 5.74) is 2.34. The van der Waals surface area contributed by atoms with Crippen molar-refractivity contribution < 1.29 is 18.7 Å². The topological polar surface area (TPSA) is 56.5 Å². The van der Waals surface area contributed by atoms with Crippen molar-refractivity contribution in [1.82, 2.24) is 0 Å². The normalized spacial score (nSPS) is 10.7. The number of hydrogen-bond donors (Lipinski definition) is 0. The first kappa shape index (κ1) is 13.8. The van der Waals surface area contributed by atoms with Crippen LogP contribution in [0.25, 0.3) is 11.0 Å². The van der Waals surface area contributed by atoms with Gasteiger partial charge in [-0.05, 0) is 37.1 Å². The van der Waals surface area contributed by atoms with E-state index in [1.165, 1.54) is 6.92 Å². The lowest BCUT2D eigenvalue weighted by Gasteiger charge is -2.08. The van der Waals surface area contributed by atoms with Gasteiger partial charge in [0.1, 0.15) is 11.3 Å². The molecule has 0 aliphatic heterocycles. The Labute approximate surface area is 118 Å². The zero-order chi connectivity index (χ0) is 14.2. The van der Waals surface area contributed by atoms with Gasteiger partial charge in [-0.2, -0.15) is 0 Å². The molecule has 0 saturated heterocycles. The maximum absolute atomic E-state index is 11.6. The lowest BCUT2D eigenvalue weighted by molar-refractivity contribution is -0.131. The molecule has 0 spiro atoms. The first-order chi connectivity index (χ1) is 8.93. The van der Waals surface area contributed by atoms with E-state index in [-0.39, 0.29) is 17.1 Å². The molecule has 0 N–H and O–H groups in total. The SMILES string of the molecule is CC(=O)Oc1cc2cc(C(=O)CBr)oc2c(C)c1C. The predicted octanol–water partition coefficient (Wildman–Crippen LogP) is 3.55. The minimum absolute atomic E-state index is 0.123. The van der Waals surface area contributed by atoms with Gasteiger partial charge in [0.25, 0.3) is 0 Å². The summed E-state index contributed by atoms with van der Waals surface area (Å²) in [6.45, 7) is 5.08. The molecular weight excluding hydrogens is 312 g/mol. The monoisotopic (exact) mass is 324 g/mol. The average Bonchev–Trinajstić information content (AvgIpc) is 2.78. The van der Waals surface area contributed by atoms with Crippen LogP contribution in [-0.2, 0) is 4.79 Å². The zero-order valence-electron chi connectivity index (χ0n) is 10.9. The molecule has 0 unspecified atom stereocenters. The molecule has 1 heterocycles. The van der Waals surface area contributed by atoms with Crippen molar-refractivity contribution >= 4 is 38.7 Å². The molecule has 0 aliphatic rings. The Balaban J connectivity index is 2.62. The Hall–Kier alpha value is -1.62. The third-order valence-corrected chi connectivity index (χ3v) is 3.48. The predicted molar refractivity (Wildman–Crippen MR) is 75.1 cm³/mol. The Bertz CT molecular complexity index is 670. The van der Waals surface area contributed by atoms with E-state index in [1.54, 1.807) is 12.1 Å². The fraction of sp³-hybridized carbons (Fsp3) is 0.286. The molecule has 2 aromatic rings. The number of carbonyl (C=O) groups excluding carboxylic acids is 2. The molecular formula is C14H13BrO4. The number of fused-ring (bicyclic) bond motifs is 1. The first-order valence-corrected chi connectivity index (χ1v) is 6.87. The van der Waals surface area contributed by atoms with Gasteiger partial charge >= 0.3 is 5.97 Å². The summed E-state index contributed by atoms with van der Waals surface area (Å²) in [4.78, 5) is 22.7. The van der Waals surface area contributed by atoms with Crippen molar-refractivity contribution in [2.24, 2.45) is 0 Å². The number of rotatable bonds is 3. The van der Waals surface area contributed by atoms with Crippen LogP contribution in [0.15, 0.2) is 16.5 Å². The largest absolute Gasteiger partial charge is 0.453 e. The van der Waals surface area contributed by atoms with Gasteiger partial charge in [0.15, 0.2) is 5.76 Å². The van der Waals surface area contributed by atoms with E-state index in [0.717, 1.165) is 16.5 Å². The molecule has 100 valence electrons. The number of ether oxygens (including phenoxy) is 1. The Kier molecular flexibility index (Phi) is 3.75. The Morgan fingerprint density at radius 3 is 2.53 bits per heavy atom. The smallest absolute Gasteiger partial charge is 0.308 e. The van der Waals surface area contributed by atoms with Crippen LogP contribution in [0.3, 0.4) is 0 Å². The second-order valence-corrected chi connectivity index (χ2v) is 4.86. The Morgan fingerprint density at radius 2 is 1.95 bits per heavy atom. The number of halogens is 1. The number of benzene rings is 1. The van der Waals surface area contributed by atoms with Gasteiger partial charge in [-0.1, -0.05) is 15.9 Å². The highest BCUT2D eigenvalue weighted by atomic mass is 79.9. The van der Waals surface area contributed by atoms with Crippen LogP contribution >= 0.6 is 15.9 Å². The second-order valence-electron chi connectivity index (χ2n) is 4.30. The van der Waals surface area contributed by atoms with Crippen molar-refractivity contribution in [1.29, 1.82) is 0 Å². The standard InChI is InChI=1S/C14H13BrO4/c1-7-8(2)14-10(4-12(7)18-9(3)16)5-13(19-14)11(17)6-15/h4-5H,6H2,1-3H3. The van der Waals surface area contributed by atoms with Gasteiger partial charge in [0.2, 0.25) is 5.78 Å². The van der Waals surface area contributed by atoms with E-state index in [4.69, 9.17) is 9.15 Å². The fourth-order valence-electron chi connectivity index (χ4n) is 1.87. The molecule has 0 amide bonds. The fourth-order valence-corrected chi connectivity index (χ4v) is 2.15. The summed E-state index contributed by atoms with van der Waals surface area (Å²) >= 11 is 3.11. The number of Topliss-reactive ketones (excluding diaryl/α,β-unsaturated/α-hetero) is 1. The maximum atomic E-state index is 11.6. The number of ketones is 1. The summed E-state index contributed by atoms with van der Waals surface area (Å²) in [5, 5.41) is 0.963. The molecule has 0 saturated carbocycles. The lowest BCUT2D eigenvalue weighted by Crippen LogP contribution is -2.03. The van der Waals surface area contributed by atoms with Gasteiger partial charge in [0.05, 0.1) is 5.33 Å². The van der Waals surface area contributed by atoms with Gasteiger partial charge in [-0.15, -0.1) is 0 Å². The van der Waals surface area contributed by atoms with Crippen molar-refractivity contribution in [3.8, 4) is 5.75 Å². The second kappa shape index (κ2) is 5.17. The molecule has 0 aliphatic carbocycles. The highest BCUT2D eigenvalue weighted by molar-refractivity contribution is 9.09. The number of alkyl halides is 1. The number of furan rings is 1. The van der Waals surface area contributed by atoms with Crippen LogP contribution in [0.2, 0.25) is 0 Å². The van der Waals surface area contributed by atoms with Crippen molar-refractivity contribution in [3.05, 3.63) is 29.0 Å². The summed E-state index contributed by atoms with van der Waals surface area (Å²) in [6.07, 6.45) is 0. The van der Waals surface area contributed by atoms with Gasteiger partial charge in [-0.25, -0.2) is 0 Å². The Morgan fingerprint density at radius 1 is 1.26 bits per heavy atom. The molecule has 1 aromatic carbocycles. The summed E-state index contributed by atoms with van der Waals surface area (Å²) < 4.78 is 10.7. The molecule has 0 atom stereocenters. The molecule has 5 heteroatoms. The van der Waals surface area contributed by atoms with Crippen molar-refractivity contribution in [3.63, 3.8) is 0 Å². The number of hydrogen-bond acceptors (Lipinski definition) is 4. The molecule has 0 radical (unpaired) electrons. The van der Waals surface area contributed by atoms with E-state index in [0.29, 0.717) is 17.1 Å². The van der Waals surface area contributed by atoms with Gasteiger partial charge < -0.3 is 9.15 Å². The summed E-state index contributed by atoms with van der Waals surface area (Å²) in [5.74, 6) is 0.301. The van der Waals surface area contributed by atoms with Crippen LogP contribution in [0.4, 0.5) is 0 Å². The minimum atomic E-state index is -0.373. The summed E-state index contributed by atoms with van der Waals surface area (Å²) in [7, 11) is 0. The van der Waals surface area contributed by atoms with Crippen LogP contribution in [-0.4, -0.2) is 17.1 Å². The average molecular weight is 325 g/mol. The quantitative estimate of drug-likeness (QED) is 0.375. The van der Waals surface area contributed by atoms with E-state index >= 15 is 0 Å². The van der Waals surface area contributed by atoms with Crippen LogP contribution in [0.1, 0.15) is 28.6 Å². The molecule has 0 fully saturated rings. The third kappa shape index (κ3) is 2.56. The highest BCUT2D eigenvalue weighted by Crippen LogP contribution is 2.32. The van der Waals surface area contributed by atoms with Crippen LogP contribution < -0.4 is 4.74 Å². The van der Waals surface area contributed by atoms with Gasteiger partial charge in [-0.3, -0.25) is 9.59 Å². The van der Waals surface area contributed by atoms with Crippen LogP contribution in [0, 0.1) is 13.8 Å². The molecule has 0 bridgehead atoms. The number of esters is 1. The first-order valence-electron chi connectivity index (χ1n) is 5.75. The minimum Gasteiger partial charge on any atom is -0.453 e. The van der Waals surface area contributed by atoms with E-state index in [1.807, 2.05) is 13.8 Å². The lowest BCUT2D eigenvalue weighted by atomic mass is 10.1. The van der Waals surface area contributed by atoms with Crippen molar-refractivity contribution in [2.45, 2.75) is 20.8 Å². The highest BCUT2D eigenvalue weighted by Gasteiger charge is 2.16. The summed E-state index contributed by atoms with van der Waals surface area (Å²) in [6, 6.07) is 3.38. The van der Waals surface area contributed by atoms with Crippen LogP contribution in [0.5, 0.6) is 5.75 Å². The number of carbonyl (C=O) groups is 2. The van der Waals surface area contributed by atoms with E-state index in [9.17, 15) is 9.59 Å². The molecule has 2 rings (SSSR count). The number of aryl methyl sites for hydroxylation is 1. The van der Waals surface area contributed by atoms with E-state index in [2.05, 4.69) is 15.9 Å².